The zero-order valence-corrected chi connectivity index (χ0v) is 11.7. The van der Waals surface area contributed by atoms with Crippen LogP contribution < -0.4 is 0 Å². The molecule has 2 aromatic rings. The van der Waals surface area contributed by atoms with Crippen LogP contribution in [0.15, 0.2) is 59.7 Å². The summed E-state index contributed by atoms with van der Waals surface area (Å²) in [6.07, 6.45) is 2.21. The molecule has 0 N–H and O–H groups in total. The lowest BCUT2D eigenvalue weighted by molar-refractivity contribution is 0.679. The summed E-state index contributed by atoms with van der Waals surface area (Å²) in [5.74, 6) is 0.569. The average Bonchev–Trinajstić information content (AvgIpc) is 2.52. The molecule has 102 valence electrons. The van der Waals surface area contributed by atoms with E-state index in [1.54, 1.807) is 0 Å². The summed E-state index contributed by atoms with van der Waals surface area (Å²) in [6, 6.07) is 18.9. The smallest absolute Gasteiger partial charge is 0.0510 e. The van der Waals surface area contributed by atoms with Crippen LogP contribution in [-0.4, -0.2) is 0 Å². The molecule has 20 heavy (non-hydrogen) atoms. The Morgan fingerprint density at radius 1 is 1.00 bits per heavy atom. The number of rotatable bonds is 6. The van der Waals surface area contributed by atoms with Crippen molar-refractivity contribution in [2.45, 2.75) is 32.2 Å². The molecule has 0 aromatic heterocycles. The van der Waals surface area contributed by atoms with Gasteiger partial charge in [0.2, 0.25) is 0 Å². The van der Waals surface area contributed by atoms with Crippen molar-refractivity contribution in [3.05, 3.63) is 81.7 Å². The van der Waals surface area contributed by atoms with Gasteiger partial charge in [-0.3, -0.25) is 0 Å². The molecule has 3 nitrogen and oxygen atoms in total. The summed E-state index contributed by atoms with van der Waals surface area (Å²) in [6.45, 7) is 2.70. The lowest BCUT2D eigenvalue weighted by Crippen LogP contribution is -1.96. The molecule has 0 spiro atoms. The van der Waals surface area contributed by atoms with Gasteiger partial charge in [-0.15, -0.1) is 0 Å². The summed E-state index contributed by atoms with van der Waals surface area (Å²) in [5.41, 5.74) is 12.1. The van der Waals surface area contributed by atoms with Crippen LogP contribution in [0, 0.1) is 0 Å². The second-order valence-corrected chi connectivity index (χ2v) is 5.06. The van der Waals surface area contributed by atoms with Crippen LogP contribution >= 0.6 is 0 Å². The fraction of sp³-hybridized carbons (Fsp3) is 0.294. The topological polar surface area (TPSA) is 48.8 Å². The maximum Gasteiger partial charge on any atom is 0.0510 e. The van der Waals surface area contributed by atoms with Crippen LogP contribution in [0.1, 0.15) is 36.0 Å². The van der Waals surface area contributed by atoms with Crippen LogP contribution in [0.3, 0.4) is 0 Å². The lowest BCUT2D eigenvalue weighted by atomic mass is 9.94. The molecule has 0 fully saturated rings. The van der Waals surface area contributed by atoms with E-state index in [1.165, 1.54) is 11.1 Å². The molecule has 2 aromatic carbocycles. The van der Waals surface area contributed by atoms with Gasteiger partial charge in [0, 0.05) is 4.91 Å². The number of azide groups is 1. The minimum atomic E-state index is 0.428. The normalized spacial score (nSPS) is 11.7. The molecule has 0 heterocycles. The molecule has 0 aliphatic rings. The Kier molecular flexibility index (Phi) is 5.22. The third-order valence-electron chi connectivity index (χ3n) is 3.57. The van der Waals surface area contributed by atoms with Gasteiger partial charge in [-0.1, -0.05) is 66.6 Å². The highest BCUT2D eigenvalue weighted by atomic mass is 15.1. The van der Waals surface area contributed by atoms with Gasteiger partial charge in [-0.05, 0) is 41.0 Å². The molecule has 1 unspecified atom stereocenters. The largest absolute Gasteiger partial charge is 0.0893 e. The van der Waals surface area contributed by atoms with E-state index in [4.69, 9.17) is 5.53 Å². The molecular weight excluding hydrogens is 246 g/mol. The Morgan fingerprint density at radius 3 is 2.30 bits per heavy atom. The van der Waals surface area contributed by atoms with Crippen molar-refractivity contribution in [3.8, 4) is 0 Å². The van der Waals surface area contributed by atoms with Gasteiger partial charge >= 0.3 is 0 Å². The van der Waals surface area contributed by atoms with Crippen LogP contribution in [0.5, 0.6) is 0 Å². The van der Waals surface area contributed by atoms with Gasteiger partial charge in [-0.2, -0.15) is 0 Å². The van der Waals surface area contributed by atoms with E-state index in [0.29, 0.717) is 12.5 Å². The van der Waals surface area contributed by atoms with Gasteiger partial charge in [0.1, 0.15) is 0 Å². The molecule has 0 bridgehead atoms. The number of nitrogens with zero attached hydrogens (tertiary/aromatic N) is 3. The van der Waals surface area contributed by atoms with Crippen molar-refractivity contribution in [3.63, 3.8) is 0 Å². The zero-order chi connectivity index (χ0) is 14.2. The Labute approximate surface area is 119 Å². The van der Waals surface area contributed by atoms with Gasteiger partial charge in [0.25, 0.3) is 0 Å². The molecule has 0 radical (unpaired) electrons. The highest BCUT2D eigenvalue weighted by molar-refractivity contribution is 5.24. The van der Waals surface area contributed by atoms with Crippen molar-refractivity contribution in [1.82, 2.24) is 0 Å². The maximum absolute atomic E-state index is 8.29. The van der Waals surface area contributed by atoms with Crippen LogP contribution in [-0.2, 0) is 13.0 Å². The Hall–Kier alpha value is -2.25. The van der Waals surface area contributed by atoms with Crippen molar-refractivity contribution >= 4 is 0 Å². The fourth-order valence-corrected chi connectivity index (χ4v) is 2.26. The van der Waals surface area contributed by atoms with Gasteiger partial charge < -0.3 is 0 Å². The molecule has 2 rings (SSSR count). The van der Waals surface area contributed by atoms with E-state index < -0.39 is 0 Å². The van der Waals surface area contributed by atoms with Crippen molar-refractivity contribution in [2.24, 2.45) is 5.11 Å². The monoisotopic (exact) mass is 265 g/mol. The predicted octanol–water partition coefficient (Wildman–Crippen LogP) is 5.23. The number of aryl methyl sites for hydroxylation is 1. The van der Waals surface area contributed by atoms with Crippen LogP contribution in [0.25, 0.3) is 10.4 Å². The van der Waals surface area contributed by atoms with E-state index in [0.717, 1.165) is 18.4 Å². The second kappa shape index (κ2) is 7.37. The number of hydrogen-bond donors (Lipinski definition) is 0. The minimum Gasteiger partial charge on any atom is -0.0893 e. The van der Waals surface area contributed by atoms with Crippen molar-refractivity contribution in [1.29, 1.82) is 0 Å². The van der Waals surface area contributed by atoms with E-state index in [1.807, 2.05) is 12.1 Å². The summed E-state index contributed by atoms with van der Waals surface area (Å²) >= 11 is 0. The maximum atomic E-state index is 8.29. The quantitative estimate of drug-likeness (QED) is 0.390. The summed E-state index contributed by atoms with van der Waals surface area (Å²) in [4.78, 5) is 2.77. The third-order valence-corrected chi connectivity index (χ3v) is 3.57. The minimum absolute atomic E-state index is 0.428. The number of benzene rings is 2. The molecular formula is C17H19N3. The van der Waals surface area contributed by atoms with E-state index in [2.05, 4.69) is 59.4 Å². The van der Waals surface area contributed by atoms with Gasteiger partial charge in [-0.25, -0.2) is 0 Å². The summed E-state index contributed by atoms with van der Waals surface area (Å²) < 4.78 is 0. The molecule has 0 saturated heterocycles. The molecule has 0 aliphatic carbocycles. The van der Waals surface area contributed by atoms with Crippen LogP contribution in [0.4, 0.5) is 0 Å². The van der Waals surface area contributed by atoms with Crippen molar-refractivity contribution in [2.75, 3.05) is 0 Å². The molecule has 1 atom stereocenters. The molecule has 3 heteroatoms. The molecule has 0 amide bonds. The standard InChI is InChI=1S/C17H19N3/c1-14(17-5-3-2-4-6-17)7-8-15-9-11-16(12-10-15)13-19-20-18/h2-6,9-12,14H,7-8,13H2,1H3. The zero-order valence-electron chi connectivity index (χ0n) is 11.7. The van der Waals surface area contributed by atoms with E-state index >= 15 is 0 Å². The fourth-order valence-electron chi connectivity index (χ4n) is 2.26. The lowest BCUT2D eigenvalue weighted by Gasteiger charge is -2.11. The summed E-state index contributed by atoms with van der Waals surface area (Å²) in [5, 5.41) is 3.57. The Balaban J connectivity index is 1.89. The predicted molar refractivity (Wildman–Crippen MR) is 82.5 cm³/mol. The third kappa shape index (κ3) is 4.15. The highest BCUT2D eigenvalue weighted by Crippen LogP contribution is 2.21. The first-order valence-corrected chi connectivity index (χ1v) is 6.93. The first kappa shape index (κ1) is 14.2. The molecule has 0 aliphatic heterocycles. The Bertz CT molecular complexity index is 569. The second-order valence-electron chi connectivity index (χ2n) is 5.06. The SMILES string of the molecule is CC(CCc1ccc(CN=[N+]=[N-])cc1)c1ccccc1. The van der Waals surface area contributed by atoms with Gasteiger partial charge in [0.05, 0.1) is 6.54 Å². The number of hydrogen-bond acceptors (Lipinski definition) is 1. The first-order chi connectivity index (χ1) is 9.79. The van der Waals surface area contributed by atoms with Crippen molar-refractivity contribution < 1.29 is 0 Å². The van der Waals surface area contributed by atoms with E-state index in [-0.39, 0.29) is 0 Å². The van der Waals surface area contributed by atoms with Crippen LogP contribution in [0.2, 0.25) is 0 Å². The molecule has 0 saturated carbocycles. The highest BCUT2D eigenvalue weighted by Gasteiger charge is 2.05. The Morgan fingerprint density at radius 2 is 1.65 bits per heavy atom. The average molecular weight is 265 g/mol. The van der Waals surface area contributed by atoms with Gasteiger partial charge in [0.15, 0.2) is 0 Å². The van der Waals surface area contributed by atoms with E-state index in [9.17, 15) is 0 Å². The summed E-state index contributed by atoms with van der Waals surface area (Å²) in [7, 11) is 0. The first-order valence-electron chi connectivity index (χ1n) is 6.93.